The van der Waals surface area contributed by atoms with Gasteiger partial charge in [0.25, 0.3) is 0 Å². The molecule has 106 valence electrons. The number of nitrogens with two attached hydrogens (primary N) is 1. The highest BCUT2D eigenvalue weighted by Gasteiger charge is 2.27. The van der Waals surface area contributed by atoms with Gasteiger partial charge in [0.2, 0.25) is 5.91 Å². The van der Waals surface area contributed by atoms with E-state index in [2.05, 4.69) is 5.10 Å². The van der Waals surface area contributed by atoms with Crippen molar-refractivity contribution in [2.24, 2.45) is 18.7 Å². The number of hydrogen-bond donors (Lipinski definition) is 1. The highest BCUT2D eigenvalue weighted by atomic mass is 16.5. The van der Waals surface area contributed by atoms with Crippen LogP contribution in [0.3, 0.4) is 0 Å². The second-order valence-corrected chi connectivity index (χ2v) is 5.15. The van der Waals surface area contributed by atoms with Crippen molar-refractivity contribution >= 4 is 5.91 Å². The third kappa shape index (κ3) is 3.33. The molecule has 2 N–H and O–H groups in total. The summed E-state index contributed by atoms with van der Waals surface area (Å²) in [5.41, 5.74) is 6.78. The van der Waals surface area contributed by atoms with Gasteiger partial charge in [-0.1, -0.05) is 0 Å². The maximum Gasteiger partial charge on any atom is 0.244 e. The number of methoxy groups -OCH3 is 1. The lowest BCUT2D eigenvalue weighted by molar-refractivity contribution is -0.134. The molecule has 2 heterocycles. The molecule has 0 bridgehead atoms. The van der Waals surface area contributed by atoms with E-state index in [1.165, 1.54) is 0 Å². The molecule has 1 aromatic rings. The summed E-state index contributed by atoms with van der Waals surface area (Å²) in [5.74, 6) is 0.549. The van der Waals surface area contributed by atoms with Gasteiger partial charge in [-0.2, -0.15) is 5.10 Å². The van der Waals surface area contributed by atoms with Crippen LogP contribution in [-0.4, -0.2) is 47.4 Å². The van der Waals surface area contributed by atoms with Gasteiger partial charge in [-0.05, 0) is 18.8 Å². The summed E-state index contributed by atoms with van der Waals surface area (Å²) in [4.78, 5) is 14.2. The minimum atomic E-state index is -0.604. The number of hydrogen-bond acceptors (Lipinski definition) is 4. The largest absolute Gasteiger partial charge is 0.384 e. The molecule has 6 heteroatoms. The Morgan fingerprint density at radius 2 is 2.26 bits per heavy atom. The van der Waals surface area contributed by atoms with Gasteiger partial charge in [-0.25, -0.2) is 0 Å². The first kappa shape index (κ1) is 14.0. The van der Waals surface area contributed by atoms with Crippen molar-refractivity contribution in [1.82, 2.24) is 14.7 Å². The van der Waals surface area contributed by atoms with Crippen molar-refractivity contribution in [2.75, 3.05) is 26.8 Å². The number of aromatic nitrogens is 2. The normalized spacial score (nSPS) is 18.6. The number of ether oxygens (including phenoxy) is 1. The second kappa shape index (κ2) is 6.16. The first-order valence-corrected chi connectivity index (χ1v) is 6.63. The zero-order chi connectivity index (χ0) is 13.8. The Hall–Kier alpha value is -1.40. The van der Waals surface area contributed by atoms with E-state index in [-0.39, 0.29) is 5.91 Å². The van der Waals surface area contributed by atoms with Gasteiger partial charge in [0, 0.05) is 45.6 Å². The van der Waals surface area contributed by atoms with Crippen LogP contribution in [0, 0.1) is 5.92 Å². The average Bonchev–Trinajstić information content (AvgIpc) is 2.85. The summed E-state index contributed by atoms with van der Waals surface area (Å²) in [6.45, 7) is 2.30. The zero-order valence-corrected chi connectivity index (χ0v) is 11.6. The van der Waals surface area contributed by atoms with Crippen molar-refractivity contribution < 1.29 is 9.53 Å². The van der Waals surface area contributed by atoms with Crippen LogP contribution in [0.15, 0.2) is 12.4 Å². The van der Waals surface area contributed by atoms with Crippen molar-refractivity contribution in [3.63, 3.8) is 0 Å². The number of likely N-dealkylation sites (tertiary alicyclic amines) is 1. The van der Waals surface area contributed by atoms with Crippen LogP contribution in [0.4, 0.5) is 0 Å². The van der Waals surface area contributed by atoms with Crippen LogP contribution in [0.25, 0.3) is 0 Å². The number of carbonyl (C=O) groups is 1. The molecule has 0 saturated carbocycles. The summed E-state index contributed by atoms with van der Waals surface area (Å²) < 4.78 is 6.82. The van der Waals surface area contributed by atoms with Crippen molar-refractivity contribution in [3.8, 4) is 0 Å². The summed E-state index contributed by atoms with van der Waals surface area (Å²) in [6.07, 6.45) is 5.42. The van der Waals surface area contributed by atoms with E-state index in [4.69, 9.17) is 10.5 Å². The maximum absolute atomic E-state index is 12.3. The molecule has 1 aliphatic heterocycles. The van der Waals surface area contributed by atoms with Gasteiger partial charge in [0.1, 0.15) is 6.04 Å². The van der Waals surface area contributed by atoms with Crippen molar-refractivity contribution in [1.29, 1.82) is 0 Å². The van der Waals surface area contributed by atoms with Crippen molar-refractivity contribution in [2.45, 2.75) is 18.9 Å². The van der Waals surface area contributed by atoms with Gasteiger partial charge in [-0.3, -0.25) is 9.48 Å². The Morgan fingerprint density at radius 3 is 2.79 bits per heavy atom. The van der Waals surface area contributed by atoms with E-state index in [1.54, 1.807) is 24.2 Å². The molecule has 0 radical (unpaired) electrons. The number of rotatable bonds is 4. The summed E-state index contributed by atoms with van der Waals surface area (Å²) in [6, 6.07) is -0.604. The lowest BCUT2D eigenvalue weighted by atomic mass is 9.97. The topological polar surface area (TPSA) is 73.4 Å². The lowest BCUT2D eigenvalue weighted by Crippen LogP contribution is -2.43. The number of aryl methyl sites for hydroxylation is 1. The molecular formula is C13H22N4O2. The Bertz CT molecular complexity index is 424. The Balaban J connectivity index is 1.90. The van der Waals surface area contributed by atoms with Gasteiger partial charge in [0.05, 0.1) is 6.20 Å². The van der Waals surface area contributed by atoms with Crippen LogP contribution < -0.4 is 5.73 Å². The smallest absolute Gasteiger partial charge is 0.244 e. The molecule has 0 aromatic carbocycles. The van der Waals surface area contributed by atoms with E-state index in [9.17, 15) is 4.79 Å². The number of amides is 1. The van der Waals surface area contributed by atoms with Crippen LogP contribution in [0.2, 0.25) is 0 Å². The number of nitrogens with zero attached hydrogens (tertiary/aromatic N) is 3. The van der Waals surface area contributed by atoms with E-state index in [0.717, 1.165) is 38.1 Å². The molecule has 6 nitrogen and oxygen atoms in total. The third-order valence-corrected chi connectivity index (χ3v) is 3.68. The molecular weight excluding hydrogens is 244 g/mol. The van der Waals surface area contributed by atoms with Gasteiger partial charge in [-0.15, -0.1) is 0 Å². The summed E-state index contributed by atoms with van der Waals surface area (Å²) in [5, 5.41) is 4.05. The highest BCUT2D eigenvalue weighted by Crippen LogP contribution is 2.20. The first-order valence-electron chi connectivity index (χ1n) is 6.63. The predicted molar refractivity (Wildman–Crippen MR) is 71.3 cm³/mol. The minimum Gasteiger partial charge on any atom is -0.384 e. The minimum absolute atomic E-state index is 0.0103. The maximum atomic E-state index is 12.3. The molecule has 0 spiro atoms. The molecule has 1 atom stereocenters. The number of piperidine rings is 1. The Labute approximate surface area is 113 Å². The SMILES string of the molecule is COCC1CCN(C(=O)C(N)c2cnn(C)c2)CC1. The van der Waals surface area contributed by atoms with Crippen LogP contribution >= 0.6 is 0 Å². The van der Waals surface area contributed by atoms with Gasteiger partial charge < -0.3 is 15.4 Å². The fraction of sp³-hybridized carbons (Fsp3) is 0.692. The zero-order valence-electron chi connectivity index (χ0n) is 11.6. The molecule has 1 aliphatic rings. The lowest BCUT2D eigenvalue weighted by Gasteiger charge is -2.33. The van der Waals surface area contributed by atoms with Crippen molar-refractivity contribution in [3.05, 3.63) is 18.0 Å². The molecule has 1 amide bonds. The number of carbonyl (C=O) groups excluding carboxylic acids is 1. The van der Waals surface area contributed by atoms with E-state index >= 15 is 0 Å². The standard InChI is InChI=1S/C13H22N4O2/c1-16-8-11(7-15-16)12(14)13(18)17-5-3-10(4-6-17)9-19-2/h7-8,10,12H,3-6,9,14H2,1-2H3. The van der Waals surface area contributed by atoms with E-state index in [0.29, 0.717) is 5.92 Å². The van der Waals surface area contributed by atoms with E-state index < -0.39 is 6.04 Å². The Morgan fingerprint density at radius 1 is 1.58 bits per heavy atom. The molecule has 1 aromatic heterocycles. The van der Waals surface area contributed by atoms with Gasteiger partial charge >= 0.3 is 0 Å². The molecule has 19 heavy (non-hydrogen) atoms. The fourth-order valence-electron chi connectivity index (χ4n) is 2.50. The fourth-order valence-corrected chi connectivity index (χ4v) is 2.50. The molecule has 0 aliphatic carbocycles. The average molecular weight is 266 g/mol. The summed E-state index contributed by atoms with van der Waals surface area (Å²) >= 11 is 0. The predicted octanol–water partition coefficient (Wildman–Crippen LogP) is 0.305. The molecule has 1 fully saturated rings. The third-order valence-electron chi connectivity index (χ3n) is 3.68. The van der Waals surface area contributed by atoms with Gasteiger partial charge in [0.15, 0.2) is 0 Å². The second-order valence-electron chi connectivity index (χ2n) is 5.15. The monoisotopic (exact) mass is 266 g/mol. The van der Waals surface area contributed by atoms with Crippen LogP contribution in [0.1, 0.15) is 24.4 Å². The first-order chi connectivity index (χ1) is 9.11. The van der Waals surface area contributed by atoms with Crippen LogP contribution in [0.5, 0.6) is 0 Å². The highest BCUT2D eigenvalue weighted by molar-refractivity contribution is 5.83. The molecule has 1 saturated heterocycles. The van der Waals surface area contributed by atoms with E-state index in [1.807, 2.05) is 11.9 Å². The quantitative estimate of drug-likeness (QED) is 0.851. The molecule has 1 unspecified atom stereocenters. The Kier molecular flexibility index (Phi) is 4.55. The summed E-state index contributed by atoms with van der Waals surface area (Å²) in [7, 11) is 3.53. The molecule has 2 rings (SSSR count). The van der Waals surface area contributed by atoms with Crippen LogP contribution in [-0.2, 0) is 16.6 Å².